The van der Waals surface area contributed by atoms with Gasteiger partial charge in [0.2, 0.25) is 0 Å². The zero-order valence-corrected chi connectivity index (χ0v) is 14.2. The van der Waals surface area contributed by atoms with Crippen LogP contribution in [0.3, 0.4) is 0 Å². The van der Waals surface area contributed by atoms with E-state index in [9.17, 15) is 9.90 Å². The van der Waals surface area contributed by atoms with Gasteiger partial charge in [0.15, 0.2) is 0 Å². The number of ether oxygens (including phenoxy) is 1. The van der Waals surface area contributed by atoms with Gasteiger partial charge in [-0.25, -0.2) is 0 Å². The van der Waals surface area contributed by atoms with Gasteiger partial charge >= 0.3 is 0 Å². The number of carbonyl (C=O) groups excluding carboxylic acids is 1. The summed E-state index contributed by atoms with van der Waals surface area (Å²) in [6, 6.07) is 7.89. The van der Waals surface area contributed by atoms with Crippen molar-refractivity contribution in [3.63, 3.8) is 0 Å². The van der Waals surface area contributed by atoms with Crippen molar-refractivity contribution in [2.24, 2.45) is 5.92 Å². The molecule has 1 aromatic rings. The largest absolute Gasteiger partial charge is 0.396 e. The van der Waals surface area contributed by atoms with Gasteiger partial charge < -0.3 is 15.2 Å². The molecule has 0 spiro atoms. The van der Waals surface area contributed by atoms with E-state index in [-0.39, 0.29) is 12.0 Å². The molecular formula is C19H28N2O3. The van der Waals surface area contributed by atoms with Crippen molar-refractivity contribution in [1.29, 1.82) is 0 Å². The highest BCUT2D eigenvalue weighted by Crippen LogP contribution is 2.18. The molecule has 2 heterocycles. The van der Waals surface area contributed by atoms with Crippen molar-refractivity contribution in [2.75, 3.05) is 32.8 Å². The highest BCUT2D eigenvalue weighted by Gasteiger charge is 2.19. The molecule has 3 rings (SSSR count). The highest BCUT2D eigenvalue weighted by atomic mass is 16.5. The van der Waals surface area contributed by atoms with Gasteiger partial charge in [0.05, 0.1) is 6.10 Å². The molecule has 24 heavy (non-hydrogen) atoms. The number of rotatable bonds is 6. The number of likely N-dealkylation sites (tertiary alicyclic amines) is 1. The van der Waals surface area contributed by atoms with Crippen LogP contribution in [-0.4, -0.2) is 54.9 Å². The Labute approximate surface area is 144 Å². The second-order valence-electron chi connectivity index (χ2n) is 6.94. The summed E-state index contributed by atoms with van der Waals surface area (Å²) in [6.07, 6.45) is 4.44. The van der Waals surface area contributed by atoms with Crippen molar-refractivity contribution in [3.8, 4) is 0 Å². The molecule has 0 aromatic heterocycles. The Morgan fingerprint density at radius 1 is 1.21 bits per heavy atom. The van der Waals surface area contributed by atoms with Crippen molar-refractivity contribution in [1.82, 2.24) is 10.2 Å². The van der Waals surface area contributed by atoms with Crippen LogP contribution >= 0.6 is 0 Å². The van der Waals surface area contributed by atoms with Gasteiger partial charge in [-0.15, -0.1) is 0 Å². The van der Waals surface area contributed by atoms with E-state index in [4.69, 9.17) is 4.74 Å². The van der Waals surface area contributed by atoms with Crippen molar-refractivity contribution < 1.29 is 14.6 Å². The lowest BCUT2D eigenvalue weighted by atomic mass is 9.97. The first-order valence-electron chi connectivity index (χ1n) is 9.06. The minimum Gasteiger partial charge on any atom is -0.396 e. The summed E-state index contributed by atoms with van der Waals surface area (Å²) in [7, 11) is 0. The first-order valence-corrected chi connectivity index (χ1v) is 9.06. The smallest absolute Gasteiger partial charge is 0.251 e. The van der Waals surface area contributed by atoms with Crippen LogP contribution in [0.4, 0.5) is 0 Å². The number of hydrogen-bond donors (Lipinski definition) is 2. The van der Waals surface area contributed by atoms with Gasteiger partial charge in [-0.2, -0.15) is 0 Å². The van der Waals surface area contributed by atoms with Crippen LogP contribution in [0.1, 0.15) is 41.6 Å². The minimum atomic E-state index is -0.0270. The Hall–Kier alpha value is -1.43. The SMILES string of the molecule is O=C(NCC1CCCO1)c1ccc(CN2CCC(CO)CC2)cc1. The number of hydrogen-bond acceptors (Lipinski definition) is 4. The molecule has 2 fully saturated rings. The van der Waals surface area contributed by atoms with E-state index in [1.165, 1.54) is 5.56 Å². The van der Waals surface area contributed by atoms with Crippen LogP contribution < -0.4 is 5.32 Å². The zero-order chi connectivity index (χ0) is 16.8. The van der Waals surface area contributed by atoms with Gasteiger partial charge in [0.25, 0.3) is 5.91 Å². The van der Waals surface area contributed by atoms with Crippen molar-refractivity contribution >= 4 is 5.91 Å². The van der Waals surface area contributed by atoms with E-state index >= 15 is 0 Å². The Morgan fingerprint density at radius 3 is 2.58 bits per heavy atom. The highest BCUT2D eigenvalue weighted by molar-refractivity contribution is 5.94. The predicted molar refractivity (Wildman–Crippen MR) is 92.8 cm³/mol. The molecule has 1 unspecified atom stereocenters. The molecule has 132 valence electrons. The zero-order valence-electron chi connectivity index (χ0n) is 14.2. The second-order valence-corrected chi connectivity index (χ2v) is 6.94. The number of amides is 1. The van der Waals surface area contributed by atoms with Gasteiger partial charge in [-0.3, -0.25) is 9.69 Å². The van der Waals surface area contributed by atoms with E-state index in [1.54, 1.807) is 0 Å². The summed E-state index contributed by atoms with van der Waals surface area (Å²) in [5.41, 5.74) is 1.93. The summed E-state index contributed by atoms with van der Waals surface area (Å²) in [5, 5.41) is 12.2. The fourth-order valence-electron chi connectivity index (χ4n) is 3.46. The number of benzene rings is 1. The van der Waals surface area contributed by atoms with E-state index in [0.29, 0.717) is 24.6 Å². The summed E-state index contributed by atoms with van der Waals surface area (Å²) in [5.74, 6) is 0.442. The summed E-state index contributed by atoms with van der Waals surface area (Å²) in [4.78, 5) is 14.6. The van der Waals surface area contributed by atoms with E-state index < -0.39 is 0 Å². The molecule has 1 aromatic carbocycles. The Bertz CT molecular complexity index is 518. The molecule has 2 saturated heterocycles. The normalized spacial score (nSPS) is 22.6. The van der Waals surface area contributed by atoms with E-state index in [0.717, 1.165) is 51.9 Å². The van der Waals surface area contributed by atoms with Crippen LogP contribution in [0.5, 0.6) is 0 Å². The fourth-order valence-corrected chi connectivity index (χ4v) is 3.46. The fraction of sp³-hybridized carbons (Fsp3) is 0.632. The second kappa shape index (κ2) is 8.60. The number of nitrogens with one attached hydrogen (secondary N) is 1. The van der Waals surface area contributed by atoms with Crippen LogP contribution in [0.25, 0.3) is 0 Å². The van der Waals surface area contributed by atoms with Crippen molar-refractivity contribution in [2.45, 2.75) is 38.3 Å². The first-order chi connectivity index (χ1) is 11.7. The van der Waals surface area contributed by atoms with Gasteiger partial charge in [0.1, 0.15) is 0 Å². The molecule has 2 N–H and O–H groups in total. The molecule has 2 aliphatic heterocycles. The lowest BCUT2D eigenvalue weighted by Crippen LogP contribution is -2.34. The standard InChI is InChI=1S/C19H28N2O3/c22-14-16-7-9-21(10-8-16)13-15-3-5-17(6-4-15)19(23)20-12-18-2-1-11-24-18/h3-6,16,18,22H,1-2,7-14H2,(H,20,23). The minimum absolute atomic E-state index is 0.0270. The third-order valence-electron chi connectivity index (χ3n) is 5.10. The first kappa shape index (κ1) is 17.4. The lowest BCUT2D eigenvalue weighted by molar-refractivity contribution is 0.0857. The topological polar surface area (TPSA) is 61.8 Å². The third-order valence-corrected chi connectivity index (χ3v) is 5.10. The molecule has 2 aliphatic rings. The van der Waals surface area contributed by atoms with Crippen molar-refractivity contribution in [3.05, 3.63) is 35.4 Å². The molecule has 0 aliphatic carbocycles. The molecule has 5 heteroatoms. The Kier molecular flexibility index (Phi) is 6.24. The van der Waals surface area contributed by atoms with Gasteiger partial charge in [-0.1, -0.05) is 12.1 Å². The van der Waals surface area contributed by atoms with Gasteiger partial charge in [0, 0.05) is 31.9 Å². The van der Waals surface area contributed by atoms with Crippen LogP contribution in [0.2, 0.25) is 0 Å². The molecule has 0 radical (unpaired) electrons. The number of nitrogens with zero attached hydrogens (tertiary/aromatic N) is 1. The Balaban J connectivity index is 1.45. The number of aliphatic hydroxyl groups is 1. The van der Waals surface area contributed by atoms with Crippen LogP contribution in [-0.2, 0) is 11.3 Å². The molecule has 0 saturated carbocycles. The van der Waals surface area contributed by atoms with E-state index in [1.807, 2.05) is 24.3 Å². The molecule has 1 atom stereocenters. The summed E-state index contributed by atoms with van der Waals surface area (Å²) in [6.45, 7) is 4.70. The molecule has 0 bridgehead atoms. The monoisotopic (exact) mass is 332 g/mol. The average Bonchev–Trinajstić information content (AvgIpc) is 3.14. The third kappa shape index (κ3) is 4.79. The van der Waals surface area contributed by atoms with E-state index in [2.05, 4.69) is 10.2 Å². The summed E-state index contributed by atoms with van der Waals surface area (Å²) >= 11 is 0. The quantitative estimate of drug-likeness (QED) is 0.834. The Morgan fingerprint density at radius 2 is 1.96 bits per heavy atom. The van der Waals surface area contributed by atoms with Gasteiger partial charge in [-0.05, 0) is 62.4 Å². The molecule has 1 amide bonds. The number of aliphatic hydroxyl groups excluding tert-OH is 1. The van der Waals surface area contributed by atoms with Crippen LogP contribution in [0, 0.1) is 5.92 Å². The average molecular weight is 332 g/mol. The van der Waals surface area contributed by atoms with Crippen LogP contribution in [0.15, 0.2) is 24.3 Å². The number of piperidine rings is 1. The maximum absolute atomic E-state index is 12.2. The number of carbonyl (C=O) groups is 1. The maximum atomic E-state index is 12.2. The lowest BCUT2D eigenvalue weighted by Gasteiger charge is -2.31. The maximum Gasteiger partial charge on any atom is 0.251 e. The molecule has 5 nitrogen and oxygen atoms in total. The predicted octanol–water partition coefficient (Wildman–Crippen LogP) is 1.80. The molecular weight excluding hydrogens is 304 g/mol. The summed E-state index contributed by atoms with van der Waals surface area (Å²) < 4.78 is 5.52.